The summed E-state index contributed by atoms with van der Waals surface area (Å²) in [7, 11) is 0. The van der Waals surface area contributed by atoms with Gasteiger partial charge in [0.15, 0.2) is 11.6 Å². The van der Waals surface area contributed by atoms with Gasteiger partial charge in [0.25, 0.3) is 0 Å². The molecule has 4 rings (SSSR count). The summed E-state index contributed by atoms with van der Waals surface area (Å²) in [5.41, 5.74) is 2.91. The second-order valence-electron chi connectivity index (χ2n) is 5.98. The largest absolute Gasteiger partial charge is 0.494 e. The lowest BCUT2D eigenvalue weighted by atomic mass is 10.1. The van der Waals surface area contributed by atoms with Crippen LogP contribution in [-0.2, 0) is 0 Å². The average molecular weight is 376 g/mol. The van der Waals surface area contributed by atoms with Gasteiger partial charge in [0.1, 0.15) is 5.75 Å². The van der Waals surface area contributed by atoms with E-state index < -0.39 is 0 Å². The standard InChI is InChI=1S/C22H18ClN3O/c1-2-27-20-14-12-19(13-15-20)26-21(16-6-4-3-5-7-16)24-25-22(26)17-8-10-18(23)11-9-17/h3-15H,2H2,1H3. The zero-order valence-electron chi connectivity index (χ0n) is 14.8. The molecule has 0 bridgehead atoms. The fraction of sp³-hybridized carbons (Fsp3) is 0.0909. The van der Waals surface area contributed by atoms with Crippen molar-refractivity contribution in [3.63, 3.8) is 0 Å². The Kier molecular flexibility index (Phi) is 4.90. The first-order valence-corrected chi connectivity index (χ1v) is 9.14. The van der Waals surface area contributed by atoms with Crippen LogP contribution in [0.25, 0.3) is 28.5 Å². The molecule has 0 radical (unpaired) electrons. The number of nitrogens with zero attached hydrogens (tertiary/aromatic N) is 3. The normalized spacial score (nSPS) is 10.7. The lowest BCUT2D eigenvalue weighted by Gasteiger charge is -2.12. The average Bonchev–Trinajstić information content (AvgIpc) is 3.15. The lowest BCUT2D eigenvalue weighted by Crippen LogP contribution is -2.01. The van der Waals surface area contributed by atoms with Gasteiger partial charge in [-0.3, -0.25) is 4.57 Å². The second-order valence-corrected chi connectivity index (χ2v) is 6.42. The number of hydrogen-bond donors (Lipinski definition) is 0. The number of rotatable bonds is 5. The predicted molar refractivity (Wildman–Crippen MR) is 108 cm³/mol. The highest BCUT2D eigenvalue weighted by atomic mass is 35.5. The van der Waals surface area contributed by atoms with Gasteiger partial charge in [0, 0.05) is 21.8 Å². The molecular formula is C22H18ClN3O. The zero-order valence-corrected chi connectivity index (χ0v) is 15.6. The quantitative estimate of drug-likeness (QED) is 0.452. The minimum atomic E-state index is 0.636. The number of ether oxygens (including phenoxy) is 1. The second kappa shape index (κ2) is 7.64. The smallest absolute Gasteiger partial charge is 0.168 e. The van der Waals surface area contributed by atoms with Crippen LogP contribution in [0.1, 0.15) is 6.92 Å². The maximum atomic E-state index is 6.05. The molecule has 0 aliphatic carbocycles. The molecule has 0 fully saturated rings. The van der Waals surface area contributed by atoms with Gasteiger partial charge in [0.2, 0.25) is 0 Å². The van der Waals surface area contributed by atoms with Crippen LogP contribution in [0, 0.1) is 0 Å². The summed E-state index contributed by atoms with van der Waals surface area (Å²) in [4.78, 5) is 0. The molecule has 0 spiro atoms. The first-order chi connectivity index (χ1) is 13.3. The van der Waals surface area contributed by atoms with Crippen LogP contribution in [0.2, 0.25) is 5.02 Å². The van der Waals surface area contributed by atoms with E-state index >= 15 is 0 Å². The Hall–Kier alpha value is -3.11. The van der Waals surface area contributed by atoms with Gasteiger partial charge >= 0.3 is 0 Å². The Morgan fingerprint density at radius 2 is 1.37 bits per heavy atom. The van der Waals surface area contributed by atoms with Crippen molar-refractivity contribution in [2.45, 2.75) is 6.92 Å². The zero-order chi connectivity index (χ0) is 18.6. The molecule has 134 valence electrons. The van der Waals surface area contributed by atoms with Gasteiger partial charge in [-0.2, -0.15) is 0 Å². The molecule has 5 heteroatoms. The van der Waals surface area contributed by atoms with Gasteiger partial charge in [-0.15, -0.1) is 10.2 Å². The van der Waals surface area contributed by atoms with Crippen LogP contribution < -0.4 is 4.74 Å². The van der Waals surface area contributed by atoms with Crippen molar-refractivity contribution in [3.05, 3.63) is 83.9 Å². The molecule has 27 heavy (non-hydrogen) atoms. The molecule has 0 saturated heterocycles. The van der Waals surface area contributed by atoms with Crippen molar-refractivity contribution >= 4 is 11.6 Å². The SMILES string of the molecule is CCOc1ccc(-n2c(-c3ccccc3)nnc2-c2ccc(Cl)cc2)cc1. The minimum Gasteiger partial charge on any atom is -0.494 e. The number of hydrogen-bond acceptors (Lipinski definition) is 3. The fourth-order valence-electron chi connectivity index (χ4n) is 2.95. The summed E-state index contributed by atoms with van der Waals surface area (Å²) < 4.78 is 7.62. The van der Waals surface area contributed by atoms with Crippen LogP contribution in [0.5, 0.6) is 5.75 Å². The van der Waals surface area contributed by atoms with Crippen LogP contribution in [0.15, 0.2) is 78.9 Å². The van der Waals surface area contributed by atoms with E-state index in [2.05, 4.69) is 10.2 Å². The first-order valence-electron chi connectivity index (χ1n) is 8.76. The Balaban J connectivity index is 1.88. The molecule has 3 aromatic carbocycles. The van der Waals surface area contributed by atoms with E-state index in [1.807, 2.05) is 90.4 Å². The van der Waals surface area contributed by atoms with E-state index in [-0.39, 0.29) is 0 Å². The van der Waals surface area contributed by atoms with E-state index in [1.54, 1.807) is 0 Å². The molecule has 0 atom stereocenters. The Labute approximate surface area is 163 Å². The molecule has 0 amide bonds. The highest BCUT2D eigenvalue weighted by molar-refractivity contribution is 6.30. The van der Waals surface area contributed by atoms with Gasteiger partial charge in [-0.25, -0.2) is 0 Å². The van der Waals surface area contributed by atoms with Crippen LogP contribution >= 0.6 is 11.6 Å². The number of halogens is 1. The highest BCUT2D eigenvalue weighted by Crippen LogP contribution is 2.29. The van der Waals surface area contributed by atoms with E-state index in [9.17, 15) is 0 Å². The highest BCUT2D eigenvalue weighted by Gasteiger charge is 2.17. The van der Waals surface area contributed by atoms with Crippen molar-refractivity contribution in [2.24, 2.45) is 0 Å². The number of benzene rings is 3. The minimum absolute atomic E-state index is 0.636. The third-order valence-corrected chi connectivity index (χ3v) is 4.46. The van der Waals surface area contributed by atoms with Crippen molar-refractivity contribution < 1.29 is 4.74 Å². The molecule has 0 saturated carbocycles. The molecule has 4 nitrogen and oxygen atoms in total. The van der Waals surface area contributed by atoms with Crippen LogP contribution in [0.3, 0.4) is 0 Å². The Morgan fingerprint density at radius 1 is 0.778 bits per heavy atom. The van der Waals surface area contributed by atoms with Crippen molar-refractivity contribution in [1.29, 1.82) is 0 Å². The van der Waals surface area contributed by atoms with Gasteiger partial charge in [-0.05, 0) is 55.5 Å². The van der Waals surface area contributed by atoms with Gasteiger partial charge < -0.3 is 4.74 Å². The summed E-state index contributed by atoms with van der Waals surface area (Å²) in [6.07, 6.45) is 0. The van der Waals surface area contributed by atoms with Crippen molar-refractivity contribution in [2.75, 3.05) is 6.61 Å². The summed E-state index contributed by atoms with van der Waals surface area (Å²) >= 11 is 6.05. The van der Waals surface area contributed by atoms with Gasteiger partial charge in [0.05, 0.1) is 6.61 Å². The Morgan fingerprint density at radius 3 is 1.96 bits per heavy atom. The molecular weight excluding hydrogens is 358 g/mol. The Bertz CT molecular complexity index is 1030. The van der Waals surface area contributed by atoms with Crippen molar-refractivity contribution in [1.82, 2.24) is 14.8 Å². The molecule has 4 aromatic rings. The number of aromatic nitrogens is 3. The molecule has 1 heterocycles. The summed E-state index contributed by atoms with van der Waals surface area (Å²) in [5, 5.41) is 9.62. The van der Waals surface area contributed by atoms with Gasteiger partial charge in [-0.1, -0.05) is 41.9 Å². The van der Waals surface area contributed by atoms with E-state index in [0.29, 0.717) is 11.6 Å². The van der Waals surface area contributed by atoms with Crippen molar-refractivity contribution in [3.8, 4) is 34.2 Å². The molecule has 1 aromatic heterocycles. The summed E-state index contributed by atoms with van der Waals surface area (Å²) in [6.45, 7) is 2.61. The van der Waals surface area contributed by atoms with E-state index in [1.165, 1.54) is 0 Å². The van der Waals surface area contributed by atoms with E-state index in [4.69, 9.17) is 16.3 Å². The fourth-order valence-corrected chi connectivity index (χ4v) is 3.07. The monoisotopic (exact) mass is 375 g/mol. The summed E-state index contributed by atoms with van der Waals surface area (Å²) in [6, 6.07) is 25.6. The lowest BCUT2D eigenvalue weighted by molar-refractivity contribution is 0.340. The third-order valence-electron chi connectivity index (χ3n) is 4.20. The first kappa shape index (κ1) is 17.3. The van der Waals surface area contributed by atoms with Crippen LogP contribution in [-0.4, -0.2) is 21.4 Å². The van der Waals surface area contributed by atoms with Crippen LogP contribution in [0.4, 0.5) is 0 Å². The molecule has 0 unspecified atom stereocenters. The molecule has 0 aliphatic rings. The predicted octanol–water partition coefficient (Wildman–Crippen LogP) is 5.65. The topological polar surface area (TPSA) is 39.9 Å². The maximum Gasteiger partial charge on any atom is 0.168 e. The summed E-state index contributed by atoms with van der Waals surface area (Å²) in [5.74, 6) is 2.38. The molecule has 0 N–H and O–H groups in total. The molecule has 0 aliphatic heterocycles. The van der Waals surface area contributed by atoms with E-state index in [0.717, 1.165) is 34.2 Å². The maximum absolute atomic E-state index is 6.05. The third kappa shape index (κ3) is 3.57.